The molecule has 0 radical (unpaired) electrons. The Labute approximate surface area is 238 Å². The van der Waals surface area contributed by atoms with Crippen molar-refractivity contribution >= 4 is 23.4 Å². The zero-order valence-electron chi connectivity index (χ0n) is 23.9. The van der Waals surface area contributed by atoms with Gasteiger partial charge in [0.05, 0.1) is 5.92 Å². The molecule has 0 bridgehead atoms. The molecule has 1 aromatic carbocycles. The highest BCUT2D eigenvalue weighted by Crippen LogP contribution is 2.27. The number of pyridine rings is 1. The van der Waals surface area contributed by atoms with E-state index in [2.05, 4.69) is 22.2 Å². The Hall–Kier alpha value is -4.19. The number of benzene rings is 1. The van der Waals surface area contributed by atoms with Crippen LogP contribution in [-0.4, -0.2) is 16.8 Å². The van der Waals surface area contributed by atoms with E-state index in [0.29, 0.717) is 23.8 Å². The molecule has 0 aliphatic heterocycles. The van der Waals surface area contributed by atoms with Crippen LogP contribution in [0, 0.1) is 11.8 Å². The van der Waals surface area contributed by atoms with E-state index in [9.17, 15) is 9.59 Å². The van der Waals surface area contributed by atoms with Gasteiger partial charge in [-0.05, 0) is 50.1 Å². The molecule has 2 aromatic rings. The van der Waals surface area contributed by atoms with Crippen LogP contribution in [0.4, 0.5) is 5.82 Å². The van der Waals surface area contributed by atoms with Gasteiger partial charge in [0.2, 0.25) is 11.8 Å². The van der Waals surface area contributed by atoms with Crippen molar-refractivity contribution < 1.29 is 14.3 Å². The fraction of sp³-hybridized carbons (Fsp3) is 0.324. The minimum Gasteiger partial charge on any atom is -0.457 e. The van der Waals surface area contributed by atoms with Crippen molar-refractivity contribution in [2.75, 3.05) is 5.32 Å². The highest BCUT2D eigenvalue weighted by Gasteiger charge is 2.22. The number of hydrogen-bond acceptors (Lipinski definition) is 4. The quantitative estimate of drug-likeness (QED) is 0.320. The fourth-order valence-corrected chi connectivity index (χ4v) is 4.49. The summed E-state index contributed by atoms with van der Waals surface area (Å²) in [5.41, 5.74) is 2.47. The molecule has 2 N–H and O–H groups in total. The molecule has 1 unspecified atom stereocenters. The molecule has 6 nitrogen and oxygen atoms in total. The number of amides is 2. The standard InChI is InChI=1S/C32H35N3O3.C2H6/c1-23(31(36)35-30-18-9-10-21-33-30)22-29(38-24(2)25-12-5-3-6-13-25)26-16-11-17-28(20-19-26)34-32(37)27-14-7-4-8-15-27;1-2/h3,5-6,9-13,16,18-23,27H,2,4,7-8,14-15,17H2,1H3,(H,34,37)(H,33,35,36);1-2H3. The number of aromatic nitrogens is 1. The van der Waals surface area contributed by atoms with Gasteiger partial charge in [0.1, 0.15) is 17.3 Å². The van der Waals surface area contributed by atoms with Crippen molar-refractivity contribution in [1.29, 1.82) is 0 Å². The number of carbonyl (C=O) groups excluding carboxylic acids is 2. The highest BCUT2D eigenvalue weighted by atomic mass is 16.5. The third-order valence-corrected chi connectivity index (χ3v) is 6.70. The Balaban J connectivity index is 0.00000216. The van der Waals surface area contributed by atoms with Crippen molar-refractivity contribution in [2.45, 2.75) is 59.3 Å². The Kier molecular flexibility index (Phi) is 12.2. The zero-order chi connectivity index (χ0) is 28.7. The molecule has 0 saturated heterocycles. The van der Waals surface area contributed by atoms with Crippen molar-refractivity contribution in [3.8, 4) is 0 Å². The van der Waals surface area contributed by atoms with Gasteiger partial charge in [-0.15, -0.1) is 0 Å². The van der Waals surface area contributed by atoms with Crippen LogP contribution in [0.15, 0.2) is 109 Å². The molecule has 6 heteroatoms. The van der Waals surface area contributed by atoms with Gasteiger partial charge in [0, 0.05) is 35.4 Å². The number of nitrogens with one attached hydrogen (secondary N) is 2. The molecule has 2 aliphatic carbocycles. The van der Waals surface area contributed by atoms with E-state index in [0.717, 1.165) is 42.5 Å². The van der Waals surface area contributed by atoms with E-state index in [1.54, 1.807) is 31.3 Å². The largest absolute Gasteiger partial charge is 0.457 e. The predicted octanol–water partition coefficient (Wildman–Crippen LogP) is 7.72. The first-order valence-electron chi connectivity index (χ1n) is 14.2. The molecule has 1 aromatic heterocycles. The molecule has 1 heterocycles. The second-order valence-corrected chi connectivity index (χ2v) is 9.66. The van der Waals surface area contributed by atoms with Gasteiger partial charge in [0.25, 0.3) is 0 Å². The van der Waals surface area contributed by atoms with Crippen molar-refractivity contribution in [3.63, 3.8) is 0 Å². The van der Waals surface area contributed by atoms with Crippen molar-refractivity contribution in [2.24, 2.45) is 11.8 Å². The molecule has 210 valence electrons. The lowest BCUT2D eigenvalue weighted by atomic mass is 9.88. The molecule has 1 atom stereocenters. The van der Waals surface area contributed by atoms with Crippen LogP contribution in [-0.2, 0) is 14.3 Å². The summed E-state index contributed by atoms with van der Waals surface area (Å²) in [5.74, 6) is 0.949. The lowest BCUT2D eigenvalue weighted by Crippen LogP contribution is -2.31. The molecular formula is C34H41N3O3. The number of ether oxygens (including phenoxy) is 1. The molecule has 2 amide bonds. The minimum absolute atomic E-state index is 0.0896. The summed E-state index contributed by atoms with van der Waals surface area (Å²) in [4.78, 5) is 29.9. The molecule has 4 rings (SSSR count). The topological polar surface area (TPSA) is 80.3 Å². The maximum atomic E-state index is 12.9. The molecule has 0 spiro atoms. The van der Waals surface area contributed by atoms with Crippen molar-refractivity contribution in [3.05, 3.63) is 114 Å². The second-order valence-electron chi connectivity index (χ2n) is 9.66. The van der Waals surface area contributed by atoms with Crippen LogP contribution in [0.2, 0.25) is 0 Å². The lowest BCUT2D eigenvalue weighted by molar-refractivity contribution is -0.125. The number of anilines is 1. The smallest absolute Gasteiger partial charge is 0.232 e. The first-order chi connectivity index (χ1) is 19.5. The summed E-state index contributed by atoms with van der Waals surface area (Å²) in [5, 5.41) is 5.96. The highest BCUT2D eigenvalue weighted by molar-refractivity contribution is 5.92. The van der Waals surface area contributed by atoms with E-state index in [1.165, 1.54) is 6.42 Å². The lowest BCUT2D eigenvalue weighted by Gasteiger charge is -2.21. The van der Waals surface area contributed by atoms with Crippen LogP contribution < -0.4 is 10.6 Å². The summed E-state index contributed by atoms with van der Waals surface area (Å²) >= 11 is 0. The molecular weight excluding hydrogens is 498 g/mol. The second kappa shape index (κ2) is 16.0. The molecule has 1 saturated carbocycles. The third-order valence-electron chi connectivity index (χ3n) is 6.70. The summed E-state index contributed by atoms with van der Waals surface area (Å²) in [6.45, 7) is 9.92. The first kappa shape index (κ1) is 30.4. The molecule has 1 fully saturated rings. The summed E-state index contributed by atoms with van der Waals surface area (Å²) in [6.07, 6.45) is 17.1. The Bertz CT molecular complexity index is 1250. The third kappa shape index (κ3) is 9.23. The maximum Gasteiger partial charge on any atom is 0.232 e. The predicted molar refractivity (Wildman–Crippen MR) is 163 cm³/mol. The van der Waals surface area contributed by atoms with Gasteiger partial charge in [-0.25, -0.2) is 4.98 Å². The van der Waals surface area contributed by atoms with Gasteiger partial charge in [-0.1, -0.05) is 88.2 Å². The summed E-state index contributed by atoms with van der Waals surface area (Å²) in [7, 11) is 0. The first-order valence-corrected chi connectivity index (χ1v) is 14.2. The fourth-order valence-electron chi connectivity index (χ4n) is 4.49. The van der Waals surface area contributed by atoms with Gasteiger partial charge >= 0.3 is 0 Å². The van der Waals surface area contributed by atoms with Gasteiger partial charge in [-0.2, -0.15) is 0 Å². The Morgan fingerprint density at radius 3 is 2.42 bits per heavy atom. The van der Waals surface area contributed by atoms with Crippen LogP contribution >= 0.6 is 0 Å². The zero-order valence-corrected chi connectivity index (χ0v) is 23.9. The van der Waals surface area contributed by atoms with Crippen LogP contribution in [0.5, 0.6) is 0 Å². The van der Waals surface area contributed by atoms with Crippen LogP contribution in [0.25, 0.3) is 5.76 Å². The SMILES string of the molecule is C=C(OC(=CC(C)C(=O)Nc1ccccn1)C1=CC=C(NC(=O)C2CCCCC2)CC=C1)c1ccccc1.CC. The van der Waals surface area contributed by atoms with E-state index in [-0.39, 0.29) is 17.7 Å². The van der Waals surface area contributed by atoms with E-state index in [4.69, 9.17) is 4.74 Å². The summed E-state index contributed by atoms with van der Waals surface area (Å²) < 4.78 is 6.25. The average Bonchev–Trinajstić information content (AvgIpc) is 3.24. The van der Waals surface area contributed by atoms with Gasteiger partial charge in [0.15, 0.2) is 0 Å². The van der Waals surface area contributed by atoms with Gasteiger partial charge in [-0.3, -0.25) is 9.59 Å². The van der Waals surface area contributed by atoms with Gasteiger partial charge < -0.3 is 15.4 Å². The molecule has 2 aliphatic rings. The Morgan fingerprint density at radius 2 is 1.73 bits per heavy atom. The Morgan fingerprint density at radius 1 is 1.00 bits per heavy atom. The minimum atomic E-state index is -0.511. The number of nitrogens with zero attached hydrogens (tertiary/aromatic N) is 1. The summed E-state index contributed by atoms with van der Waals surface area (Å²) in [6, 6.07) is 15.0. The van der Waals surface area contributed by atoms with E-state index < -0.39 is 5.92 Å². The van der Waals surface area contributed by atoms with Crippen LogP contribution in [0.1, 0.15) is 64.9 Å². The maximum absolute atomic E-state index is 12.9. The number of rotatable bonds is 9. The molecule has 40 heavy (non-hydrogen) atoms. The number of hydrogen-bond donors (Lipinski definition) is 2. The number of allylic oxidation sites excluding steroid dienone is 4. The number of carbonyl (C=O) groups is 2. The average molecular weight is 540 g/mol. The monoisotopic (exact) mass is 539 g/mol. The van der Waals surface area contributed by atoms with E-state index >= 15 is 0 Å². The van der Waals surface area contributed by atoms with E-state index in [1.807, 2.05) is 74.5 Å². The van der Waals surface area contributed by atoms with Crippen molar-refractivity contribution in [1.82, 2.24) is 10.3 Å². The normalized spacial score (nSPS) is 16.2. The van der Waals surface area contributed by atoms with Crippen LogP contribution in [0.3, 0.4) is 0 Å².